The molecule has 0 amide bonds. The zero-order valence-corrected chi connectivity index (χ0v) is 12.8. The Bertz CT molecular complexity index is 608. The molecule has 0 bridgehead atoms. The molecule has 2 heterocycles. The van der Waals surface area contributed by atoms with Gasteiger partial charge in [0.1, 0.15) is 11.6 Å². The van der Waals surface area contributed by atoms with Crippen LogP contribution < -0.4 is 15.0 Å². The first kappa shape index (κ1) is 14.1. The monoisotopic (exact) mass is 285 g/mol. The predicted molar refractivity (Wildman–Crippen MR) is 87.2 cm³/mol. The van der Waals surface area contributed by atoms with Crippen LogP contribution in [0, 0.1) is 5.92 Å². The lowest BCUT2D eigenvalue weighted by Gasteiger charge is -2.28. The van der Waals surface area contributed by atoms with Gasteiger partial charge in [-0.25, -0.2) is 4.98 Å². The van der Waals surface area contributed by atoms with Crippen LogP contribution >= 0.6 is 0 Å². The van der Waals surface area contributed by atoms with E-state index < -0.39 is 0 Å². The number of piperidine rings is 1. The van der Waals surface area contributed by atoms with Crippen molar-refractivity contribution in [3.63, 3.8) is 0 Å². The lowest BCUT2D eigenvalue weighted by Crippen LogP contribution is -2.37. The molecule has 21 heavy (non-hydrogen) atoms. The summed E-state index contributed by atoms with van der Waals surface area (Å²) in [7, 11) is 3.84. The topological polar surface area (TPSA) is 37.4 Å². The minimum absolute atomic E-state index is 0.707. The van der Waals surface area contributed by atoms with Gasteiger partial charge in [-0.2, -0.15) is 0 Å². The van der Waals surface area contributed by atoms with E-state index in [-0.39, 0.29) is 0 Å². The van der Waals surface area contributed by atoms with Crippen LogP contribution in [-0.2, 0) is 0 Å². The molecule has 0 radical (unpaired) electrons. The quantitative estimate of drug-likeness (QED) is 0.937. The fraction of sp³-hybridized carbons (Fsp3) is 0.471. The molecule has 3 rings (SSSR count). The van der Waals surface area contributed by atoms with Crippen molar-refractivity contribution in [3.8, 4) is 5.75 Å². The highest BCUT2D eigenvalue weighted by molar-refractivity contribution is 5.92. The number of ether oxygens (including phenoxy) is 1. The third kappa shape index (κ3) is 3.10. The van der Waals surface area contributed by atoms with E-state index in [0.29, 0.717) is 5.92 Å². The van der Waals surface area contributed by atoms with Crippen molar-refractivity contribution in [2.75, 3.05) is 38.7 Å². The molecule has 1 fully saturated rings. The number of aromatic nitrogens is 1. The van der Waals surface area contributed by atoms with E-state index in [4.69, 9.17) is 4.74 Å². The van der Waals surface area contributed by atoms with Gasteiger partial charge in [0.2, 0.25) is 0 Å². The Hall–Kier alpha value is -1.81. The number of benzene rings is 1. The van der Waals surface area contributed by atoms with Gasteiger partial charge >= 0.3 is 0 Å². The molecule has 0 saturated carbocycles. The molecule has 0 spiro atoms. The summed E-state index contributed by atoms with van der Waals surface area (Å²) in [4.78, 5) is 6.88. The standard InChI is InChI=1S/C17H23N3O/c1-20(12-13-4-3-8-18-11-13)17-16-6-5-15(21-2)10-14(16)7-9-19-17/h5-7,9-10,13,18H,3-4,8,11-12H2,1-2H3. The molecule has 1 aromatic heterocycles. The maximum Gasteiger partial charge on any atom is 0.136 e. The summed E-state index contributed by atoms with van der Waals surface area (Å²) in [6.07, 6.45) is 4.46. The highest BCUT2D eigenvalue weighted by atomic mass is 16.5. The van der Waals surface area contributed by atoms with Gasteiger partial charge in [0.15, 0.2) is 0 Å². The molecular weight excluding hydrogens is 262 g/mol. The Balaban J connectivity index is 1.84. The smallest absolute Gasteiger partial charge is 0.136 e. The van der Waals surface area contributed by atoms with Gasteiger partial charge in [0, 0.05) is 25.2 Å². The minimum atomic E-state index is 0.707. The van der Waals surface area contributed by atoms with Crippen LogP contribution in [0.5, 0.6) is 5.75 Å². The van der Waals surface area contributed by atoms with E-state index in [1.807, 2.05) is 18.3 Å². The molecular formula is C17H23N3O. The van der Waals surface area contributed by atoms with Crippen LogP contribution in [-0.4, -0.2) is 38.8 Å². The first-order valence-electron chi connectivity index (χ1n) is 7.62. The predicted octanol–water partition coefficient (Wildman–Crippen LogP) is 2.68. The zero-order valence-electron chi connectivity index (χ0n) is 12.8. The lowest BCUT2D eigenvalue weighted by molar-refractivity contribution is 0.381. The summed E-state index contributed by atoms with van der Waals surface area (Å²) in [5.74, 6) is 2.65. The summed E-state index contributed by atoms with van der Waals surface area (Å²) < 4.78 is 5.30. The third-order valence-electron chi connectivity index (χ3n) is 4.24. The summed E-state index contributed by atoms with van der Waals surface area (Å²) in [5, 5.41) is 5.84. The molecule has 2 aromatic rings. The van der Waals surface area contributed by atoms with Gasteiger partial charge < -0.3 is 15.0 Å². The Morgan fingerprint density at radius 1 is 1.38 bits per heavy atom. The second-order valence-electron chi connectivity index (χ2n) is 5.81. The van der Waals surface area contributed by atoms with Gasteiger partial charge in [-0.1, -0.05) is 0 Å². The number of hydrogen-bond donors (Lipinski definition) is 1. The molecule has 1 aromatic carbocycles. The summed E-state index contributed by atoms with van der Waals surface area (Å²) in [6.45, 7) is 3.32. The largest absolute Gasteiger partial charge is 0.497 e. The van der Waals surface area contributed by atoms with Crippen molar-refractivity contribution in [1.82, 2.24) is 10.3 Å². The van der Waals surface area contributed by atoms with Crippen LogP contribution in [0.3, 0.4) is 0 Å². The van der Waals surface area contributed by atoms with Crippen LogP contribution in [0.25, 0.3) is 10.8 Å². The van der Waals surface area contributed by atoms with Crippen molar-refractivity contribution < 1.29 is 4.74 Å². The van der Waals surface area contributed by atoms with E-state index >= 15 is 0 Å². The average molecular weight is 285 g/mol. The van der Waals surface area contributed by atoms with E-state index in [9.17, 15) is 0 Å². The minimum Gasteiger partial charge on any atom is -0.497 e. The zero-order chi connectivity index (χ0) is 14.7. The molecule has 1 unspecified atom stereocenters. The fourth-order valence-electron chi connectivity index (χ4n) is 3.12. The normalized spacial score (nSPS) is 18.7. The second kappa shape index (κ2) is 6.31. The van der Waals surface area contributed by atoms with Crippen molar-refractivity contribution >= 4 is 16.6 Å². The molecule has 0 aliphatic carbocycles. The molecule has 1 saturated heterocycles. The van der Waals surface area contributed by atoms with Crippen LogP contribution in [0.2, 0.25) is 0 Å². The molecule has 1 aliphatic rings. The van der Waals surface area contributed by atoms with Gasteiger partial charge in [-0.05, 0) is 61.5 Å². The molecule has 1 atom stereocenters. The number of hydrogen-bond acceptors (Lipinski definition) is 4. The molecule has 1 aliphatic heterocycles. The fourth-order valence-corrected chi connectivity index (χ4v) is 3.12. The van der Waals surface area contributed by atoms with Gasteiger partial charge in [0.05, 0.1) is 7.11 Å². The Morgan fingerprint density at radius 3 is 3.05 bits per heavy atom. The van der Waals surface area contributed by atoms with Gasteiger partial charge in [-0.3, -0.25) is 0 Å². The number of rotatable bonds is 4. The Morgan fingerprint density at radius 2 is 2.29 bits per heavy atom. The summed E-state index contributed by atoms with van der Waals surface area (Å²) in [6, 6.07) is 8.21. The van der Waals surface area contributed by atoms with Crippen molar-refractivity contribution in [2.24, 2.45) is 5.92 Å². The number of anilines is 1. The number of pyridine rings is 1. The Kier molecular flexibility index (Phi) is 4.25. The van der Waals surface area contributed by atoms with Crippen LogP contribution in [0.4, 0.5) is 5.82 Å². The first-order valence-corrected chi connectivity index (χ1v) is 7.62. The summed E-state index contributed by atoms with van der Waals surface area (Å²) >= 11 is 0. The lowest BCUT2D eigenvalue weighted by atomic mass is 9.99. The van der Waals surface area contributed by atoms with E-state index in [1.165, 1.54) is 23.6 Å². The molecule has 1 N–H and O–H groups in total. The first-order chi connectivity index (χ1) is 10.3. The van der Waals surface area contributed by atoms with E-state index in [2.05, 4.69) is 34.4 Å². The number of nitrogens with zero attached hydrogens (tertiary/aromatic N) is 2. The highest BCUT2D eigenvalue weighted by Gasteiger charge is 2.17. The van der Waals surface area contributed by atoms with Crippen molar-refractivity contribution in [3.05, 3.63) is 30.5 Å². The molecule has 4 nitrogen and oxygen atoms in total. The SMILES string of the molecule is COc1ccc2c(N(C)CC3CCCNC3)nccc2c1. The van der Waals surface area contributed by atoms with Crippen LogP contribution in [0.15, 0.2) is 30.5 Å². The average Bonchev–Trinajstić information content (AvgIpc) is 2.54. The molecule has 4 heteroatoms. The van der Waals surface area contributed by atoms with Gasteiger partial charge in [-0.15, -0.1) is 0 Å². The maximum atomic E-state index is 5.30. The van der Waals surface area contributed by atoms with Gasteiger partial charge in [0.25, 0.3) is 0 Å². The van der Waals surface area contributed by atoms with Crippen molar-refractivity contribution in [1.29, 1.82) is 0 Å². The Labute approximate surface area is 126 Å². The van der Waals surface area contributed by atoms with Crippen LogP contribution in [0.1, 0.15) is 12.8 Å². The second-order valence-corrected chi connectivity index (χ2v) is 5.81. The molecule has 112 valence electrons. The summed E-state index contributed by atoms with van der Waals surface area (Å²) in [5.41, 5.74) is 0. The maximum absolute atomic E-state index is 5.30. The van der Waals surface area contributed by atoms with E-state index in [0.717, 1.165) is 31.2 Å². The third-order valence-corrected chi connectivity index (χ3v) is 4.24. The highest BCUT2D eigenvalue weighted by Crippen LogP contribution is 2.28. The number of methoxy groups -OCH3 is 1. The number of nitrogens with one attached hydrogen (secondary N) is 1. The van der Waals surface area contributed by atoms with E-state index in [1.54, 1.807) is 7.11 Å². The van der Waals surface area contributed by atoms with Crippen molar-refractivity contribution in [2.45, 2.75) is 12.8 Å². The number of fused-ring (bicyclic) bond motifs is 1.